The van der Waals surface area contributed by atoms with Crippen LogP contribution in [0.15, 0.2) is 76.0 Å². The fourth-order valence-corrected chi connectivity index (χ4v) is 4.61. The van der Waals surface area contributed by atoms with Crippen molar-refractivity contribution >= 4 is 33.1 Å². The van der Waals surface area contributed by atoms with Crippen molar-refractivity contribution in [2.75, 3.05) is 5.32 Å². The molecule has 2 N–H and O–H groups in total. The number of nitrogens with zero attached hydrogens (tertiary/aromatic N) is 1. The lowest BCUT2D eigenvalue weighted by Gasteiger charge is -2.28. The van der Waals surface area contributed by atoms with Gasteiger partial charge in [-0.3, -0.25) is 0 Å². The van der Waals surface area contributed by atoms with Gasteiger partial charge in [-0.15, -0.1) is 4.40 Å². The van der Waals surface area contributed by atoms with E-state index in [9.17, 15) is 13.5 Å². The third-order valence-electron chi connectivity index (χ3n) is 5.36. The van der Waals surface area contributed by atoms with Crippen LogP contribution in [0.1, 0.15) is 58.2 Å². The van der Waals surface area contributed by atoms with E-state index in [2.05, 4.69) is 9.71 Å². The molecule has 180 valence electrons. The average Bonchev–Trinajstić information content (AvgIpc) is 2.73. The molecule has 0 fully saturated rings. The number of phenolic OH excluding ortho intramolecular Hbond substituents is 1. The quantitative estimate of drug-likeness (QED) is 0.233. The summed E-state index contributed by atoms with van der Waals surface area (Å²) in [6.07, 6.45) is 0. The first kappa shape index (κ1) is 25.8. The third kappa shape index (κ3) is 5.99. The SMILES string of the molecule is CC(C)(C)c1cc(N/C(=N/S(=O)(=O)c2ccc(Cl)cc2)c2ccccc2)cc(C(C)(C)C)c1O. The molecule has 0 aliphatic heterocycles. The summed E-state index contributed by atoms with van der Waals surface area (Å²) in [4.78, 5) is 0.0450. The summed E-state index contributed by atoms with van der Waals surface area (Å²) in [6, 6.07) is 18.7. The molecule has 0 aliphatic rings. The van der Waals surface area contributed by atoms with Crippen LogP contribution in [0.4, 0.5) is 5.69 Å². The van der Waals surface area contributed by atoms with Crippen LogP contribution in [0.2, 0.25) is 5.02 Å². The molecule has 0 aliphatic carbocycles. The second-order valence-electron chi connectivity index (χ2n) is 10.3. The van der Waals surface area contributed by atoms with Gasteiger partial charge in [0.1, 0.15) is 5.75 Å². The Hall–Kier alpha value is -2.83. The molecule has 3 rings (SSSR count). The monoisotopic (exact) mass is 498 g/mol. The number of hydrogen-bond donors (Lipinski definition) is 2. The minimum atomic E-state index is -4.01. The Bertz CT molecular complexity index is 1270. The number of rotatable bonds is 4. The Morgan fingerprint density at radius 1 is 0.853 bits per heavy atom. The predicted octanol–water partition coefficient (Wildman–Crippen LogP) is 6.89. The number of anilines is 1. The minimum absolute atomic E-state index is 0.0450. The molecule has 0 aromatic heterocycles. The fourth-order valence-electron chi connectivity index (χ4n) is 3.51. The standard InChI is InChI=1S/C27H31ClN2O3S/c1-26(2,3)22-16-20(17-23(24(22)31)27(4,5)6)29-25(18-10-8-7-9-11-18)30-34(32,33)21-14-12-19(28)13-15-21/h7-17,31H,1-6H3,(H,29,30). The van der Waals surface area contributed by atoms with Gasteiger partial charge in [-0.2, -0.15) is 8.42 Å². The summed E-state index contributed by atoms with van der Waals surface area (Å²) in [5.74, 6) is 0.429. The minimum Gasteiger partial charge on any atom is -0.507 e. The zero-order chi connectivity index (χ0) is 25.3. The normalized spacial score (nSPS) is 13.1. The van der Waals surface area contributed by atoms with E-state index < -0.39 is 10.0 Å². The molecule has 0 spiro atoms. The number of benzene rings is 3. The molecular formula is C27H31ClN2O3S. The van der Waals surface area contributed by atoms with Crippen LogP contribution in [0.25, 0.3) is 0 Å². The van der Waals surface area contributed by atoms with Crippen LogP contribution >= 0.6 is 11.6 Å². The molecule has 34 heavy (non-hydrogen) atoms. The molecule has 0 amide bonds. The molecule has 0 saturated heterocycles. The Kier molecular flexibility index (Phi) is 7.15. The van der Waals surface area contributed by atoms with Gasteiger partial charge in [0.15, 0.2) is 5.84 Å². The Labute approximate surface area is 207 Å². The Morgan fingerprint density at radius 3 is 1.82 bits per heavy atom. The molecule has 0 saturated carbocycles. The number of aromatic hydroxyl groups is 1. The number of hydrogen-bond acceptors (Lipinski definition) is 3. The number of phenols is 1. The molecule has 0 atom stereocenters. The summed E-state index contributed by atoms with van der Waals surface area (Å²) < 4.78 is 30.4. The maximum Gasteiger partial charge on any atom is 0.284 e. The Morgan fingerprint density at radius 2 is 1.35 bits per heavy atom. The molecule has 7 heteroatoms. The summed E-state index contributed by atoms with van der Waals surface area (Å²) in [6.45, 7) is 12.1. The van der Waals surface area contributed by atoms with E-state index in [1.807, 2.05) is 71.9 Å². The number of amidine groups is 1. The largest absolute Gasteiger partial charge is 0.507 e. The number of nitrogens with one attached hydrogen (secondary N) is 1. The van der Waals surface area contributed by atoms with Crippen molar-refractivity contribution in [3.63, 3.8) is 0 Å². The molecular weight excluding hydrogens is 468 g/mol. The van der Waals surface area contributed by atoms with E-state index in [1.165, 1.54) is 24.3 Å². The maximum absolute atomic E-state index is 13.1. The van der Waals surface area contributed by atoms with Gasteiger partial charge in [-0.25, -0.2) is 0 Å². The smallest absolute Gasteiger partial charge is 0.284 e. The van der Waals surface area contributed by atoms with Gasteiger partial charge in [0.25, 0.3) is 10.0 Å². The third-order valence-corrected chi connectivity index (χ3v) is 6.90. The Balaban J connectivity index is 2.18. The van der Waals surface area contributed by atoms with E-state index in [0.29, 0.717) is 16.3 Å². The highest BCUT2D eigenvalue weighted by atomic mass is 35.5. The second kappa shape index (κ2) is 9.43. The molecule has 5 nitrogen and oxygen atoms in total. The van der Waals surface area contributed by atoms with Crippen molar-refractivity contribution in [3.05, 3.63) is 88.4 Å². The zero-order valence-electron chi connectivity index (χ0n) is 20.3. The lowest BCUT2D eigenvalue weighted by molar-refractivity contribution is 0.423. The molecule has 3 aromatic carbocycles. The van der Waals surface area contributed by atoms with Crippen LogP contribution in [-0.2, 0) is 20.9 Å². The molecule has 0 unspecified atom stereocenters. The van der Waals surface area contributed by atoms with Gasteiger partial charge >= 0.3 is 0 Å². The highest BCUT2D eigenvalue weighted by Crippen LogP contribution is 2.41. The second-order valence-corrected chi connectivity index (χ2v) is 12.3. The van der Waals surface area contributed by atoms with Crippen LogP contribution < -0.4 is 5.32 Å². The van der Waals surface area contributed by atoms with E-state index in [4.69, 9.17) is 11.6 Å². The van der Waals surface area contributed by atoms with Crippen LogP contribution in [0, 0.1) is 0 Å². The van der Waals surface area contributed by atoms with Crippen molar-refractivity contribution in [2.24, 2.45) is 4.40 Å². The molecule has 0 radical (unpaired) electrons. The van der Waals surface area contributed by atoms with Gasteiger partial charge in [-0.1, -0.05) is 83.5 Å². The lowest BCUT2D eigenvalue weighted by atomic mass is 9.79. The van der Waals surface area contributed by atoms with Gasteiger partial charge < -0.3 is 10.4 Å². The highest BCUT2D eigenvalue weighted by molar-refractivity contribution is 7.90. The van der Waals surface area contributed by atoms with Gasteiger partial charge in [0.2, 0.25) is 0 Å². The van der Waals surface area contributed by atoms with Crippen molar-refractivity contribution < 1.29 is 13.5 Å². The van der Waals surface area contributed by atoms with Gasteiger partial charge in [0, 0.05) is 27.4 Å². The van der Waals surface area contributed by atoms with Crippen molar-refractivity contribution in [3.8, 4) is 5.75 Å². The summed E-state index contributed by atoms with van der Waals surface area (Å²) in [5, 5.41) is 14.7. The average molecular weight is 499 g/mol. The summed E-state index contributed by atoms with van der Waals surface area (Å²) >= 11 is 5.92. The van der Waals surface area contributed by atoms with Gasteiger partial charge in [-0.05, 0) is 47.2 Å². The van der Waals surface area contributed by atoms with Crippen molar-refractivity contribution in [1.29, 1.82) is 0 Å². The predicted molar refractivity (Wildman–Crippen MR) is 141 cm³/mol. The summed E-state index contributed by atoms with van der Waals surface area (Å²) in [5.41, 5.74) is 2.11. The molecule has 0 bridgehead atoms. The lowest BCUT2D eigenvalue weighted by Crippen LogP contribution is -2.20. The topological polar surface area (TPSA) is 78.8 Å². The zero-order valence-corrected chi connectivity index (χ0v) is 21.9. The van der Waals surface area contributed by atoms with Crippen LogP contribution in [0.3, 0.4) is 0 Å². The highest BCUT2D eigenvalue weighted by Gasteiger charge is 2.27. The van der Waals surface area contributed by atoms with E-state index >= 15 is 0 Å². The van der Waals surface area contributed by atoms with E-state index in [1.54, 1.807) is 12.1 Å². The molecule has 0 heterocycles. The number of halogens is 1. The van der Waals surface area contributed by atoms with Crippen LogP contribution in [-0.4, -0.2) is 19.4 Å². The van der Waals surface area contributed by atoms with Crippen molar-refractivity contribution in [1.82, 2.24) is 0 Å². The first-order valence-electron chi connectivity index (χ1n) is 11.0. The van der Waals surface area contributed by atoms with Crippen LogP contribution in [0.5, 0.6) is 5.75 Å². The summed E-state index contributed by atoms with van der Waals surface area (Å²) in [7, 11) is -4.01. The fraction of sp³-hybridized carbons (Fsp3) is 0.296. The van der Waals surface area contributed by atoms with E-state index in [-0.39, 0.29) is 27.3 Å². The first-order chi connectivity index (χ1) is 15.7. The maximum atomic E-state index is 13.1. The molecule has 3 aromatic rings. The number of sulfonamides is 1. The van der Waals surface area contributed by atoms with E-state index in [0.717, 1.165) is 11.1 Å². The first-order valence-corrected chi connectivity index (χ1v) is 12.8. The van der Waals surface area contributed by atoms with Gasteiger partial charge in [0.05, 0.1) is 4.90 Å². The van der Waals surface area contributed by atoms with Crippen molar-refractivity contribution in [2.45, 2.75) is 57.3 Å².